The summed E-state index contributed by atoms with van der Waals surface area (Å²) >= 11 is 12.2. The minimum atomic E-state index is -4.04. The summed E-state index contributed by atoms with van der Waals surface area (Å²) in [5.74, 6) is 0.183. The van der Waals surface area contributed by atoms with Crippen LogP contribution in [0.1, 0.15) is 22.3 Å². The maximum Gasteiger partial charge on any atom is 0.264 e. The van der Waals surface area contributed by atoms with Crippen LogP contribution in [0, 0.1) is 6.92 Å². The molecule has 0 aliphatic carbocycles. The first-order valence-corrected chi connectivity index (χ1v) is 14.4. The molecule has 1 aliphatic rings. The second-order valence-electron chi connectivity index (χ2n) is 9.69. The van der Waals surface area contributed by atoms with E-state index in [1.807, 2.05) is 19.0 Å². The summed E-state index contributed by atoms with van der Waals surface area (Å²) in [6, 6.07) is 9.95. The molecule has 0 bridgehead atoms. The van der Waals surface area contributed by atoms with E-state index in [1.54, 1.807) is 37.4 Å². The van der Waals surface area contributed by atoms with Gasteiger partial charge in [0.2, 0.25) is 0 Å². The van der Waals surface area contributed by atoms with Crippen LogP contribution in [-0.2, 0) is 10.0 Å². The summed E-state index contributed by atoms with van der Waals surface area (Å²) in [5.41, 5.74) is 9.53. The number of hydrogen-bond donors (Lipinski definition) is 2. The third kappa shape index (κ3) is 5.03. The van der Waals surface area contributed by atoms with Crippen molar-refractivity contribution in [2.24, 2.45) is 0 Å². The van der Waals surface area contributed by atoms with Gasteiger partial charge in [-0.1, -0.05) is 35.3 Å². The van der Waals surface area contributed by atoms with Crippen LogP contribution in [0.2, 0.25) is 10.0 Å². The van der Waals surface area contributed by atoms with Crippen LogP contribution in [0.25, 0.3) is 16.8 Å². The summed E-state index contributed by atoms with van der Waals surface area (Å²) in [6.45, 7) is 3.08. The number of nitrogens with one attached hydrogen (secondary N) is 1. The Labute approximate surface area is 236 Å². The zero-order valence-corrected chi connectivity index (χ0v) is 23.8. The Morgan fingerprint density at radius 3 is 2.51 bits per heavy atom. The van der Waals surface area contributed by atoms with Gasteiger partial charge in [-0.05, 0) is 62.8 Å². The van der Waals surface area contributed by atoms with Gasteiger partial charge in [0.15, 0.2) is 5.65 Å². The molecule has 1 amide bonds. The average Bonchev–Trinajstić information content (AvgIpc) is 3.53. The predicted octanol–water partition coefficient (Wildman–Crippen LogP) is 4.17. The van der Waals surface area contributed by atoms with Gasteiger partial charge in [0, 0.05) is 30.9 Å². The molecule has 0 spiro atoms. The standard InChI is InChI=1S/C26H27Cl2N7O3S/c1-15-11-16(7-8-22(15)32-39(37,38)23-20(27)5-4-6-21(23)28)18-12-30-25-19(13-31-35(25)24(18)29)26(36)34-10-9-17(14-34)33(2)3/h4-8,11-13,17,32H,9-10,14,29H2,1-3H3. The molecule has 3 heterocycles. The lowest BCUT2D eigenvalue weighted by molar-refractivity contribution is 0.0784. The van der Waals surface area contributed by atoms with E-state index in [-0.39, 0.29) is 20.8 Å². The molecule has 5 rings (SSSR count). The zero-order valence-electron chi connectivity index (χ0n) is 21.5. The van der Waals surface area contributed by atoms with Crippen LogP contribution in [0.4, 0.5) is 11.5 Å². The number of aryl methyl sites for hydroxylation is 1. The summed E-state index contributed by atoms with van der Waals surface area (Å²) in [5, 5.41) is 4.39. The van der Waals surface area contributed by atoms with Crippen molar-refractivity contribution >= 4 is 56.3 Å². The summed E-state index contributed by atoms with van der Waals surface area (Å²) < 4.78 is 30.0. The largest absolute Gasteiger partial charge is 0.383 e. The fraction of sp³-hybridized carbons (Fsp3) is 0.269. The molecule has 13 heteroatoms. The maximum atomic E-state index is 13.2. The Morgan fingerprint density at radius 1 is 1.15 bits per heavy atom. The molecule has 3 N–H and O–H groups in total. The van der Waals surface area contributed by atoms with Crippen LogP contribution >= 0.6 is 23.2 Å². The Balaban J connectivity index is 1.42. The number of benzene rings is 2. The highest BCUT2D eigenvalue weighted by Crippen LogP contribution is 2.33. The normalized spacial score (nSPS) is 15.8. The van der Waals surface area contributed by atoms with E-state index in [0.717, 1.165) is 6.42 Å². The van der Waals surface area contributed by atoms with Gasteiger partial charge < -0.3 is 15.5 Å². The van der Waals surface area contributed by atoms with Crippen molar-refractivity contribution < 1.29 is 13.2 Å². The highest BCUT2D eigenvalue weighted by atomic mass is 35.5. The van der Waals surface area contributed by atoms with Gasteiger partial charge in [-0.3, -0.25) is 9.52 Å². The fourth-order valence-electron chi connectivity index (χ4n) is 4.72. The van der Waals surface area contributed by atoms with Gasteiger partial charge in [0.1, 0.15) is 16.3 Å². The van der Waals surface area contributed by atoms with E-state index in [4.69, 9.17) is 28.9 Å². The van der Waals surface area contributed by atoms with Gasteiger partial charge in [0.25, 0.3) is 15.9 Å². The molecule has 2 aromatic heterocycles. The Bertz CT molecular complexity index is 1690. The zero-order chi connectivity index (χ0) is 28.1. The van der Waals surface area contributed by atoms with E-state index in [0.29, 0.717) is 58.5 Å². The second-order valence-corrected chi connectivity index (χ2v) is 12.1. The summed E-state index contributed by atoms with van der Waals surface area (Å²) in [4.78, 5) is 21.5. The van der Waals surface area contributed by atoms with Crippen molar-refractivity contribution in [1.82, 2.24) is 24.4 Å². The molecule has 4 aromatic rings. The topological polar surface area (TPSA) is 126 Å². The molecular formula is C26H27Cl2N7O3S. The van der Waals surface area contributed by atoms with Crippen molar-refractivity contribution in [2.45, 2.75) is 24.3 Å². The highest BCUT2D eigenvalue weighted by molar-refractivity contribution is 7.93. The molecule has 1 unspecified atom stereocenters. The van der Waals surface area contributed by atoms with Crippen molar-refractivity contribution in [1.29, 1.82) is 0 Å². The smallest absolute Gasteiger partial charge is 0.264 e. The predicted molar refractivity (Wildman–Crippen MR) is 153 cm³/mol. The molecule has 1 fully saturated rings. The van der Waals surface area contributed by atoms with Gasteiger partial charge in [-0.2, -0.15) is 9.61 Å². The molecule has 39 heavy (non-hydrogen) atoms. The number of halogens is 2. The number of nitrogen functional groups attached to an aromatic ring is 1. The minimum Gasteiger partial charge on any atom is -0.383 e. The molecule has 0 radical (unpaired) electrons. The molecule has 204 valence electrons. The number of likely N-dealkylation sites (N-methyl/N-ethyl adjacent to an activating group) is 1. The molecule has 1 atom stereocenters. The van der Waals surface area contributed by atoms with E-state index in [9.17, 15) is 13.2 Å². The Hall–Kier alpha value is -3.38. The fourth-order valence-corrected chi connectivity index (χ4v) is 7.00. The van der Waals surface area contributed by atoms with Gasteiger partial charge in [0.05, 0.1) is 21.9 Å². The number of nitrogens with zero attached hydrogens (tertiary/aromatic N) is 5. The SMILES string of the molecule is Cc1cc(-c2cnc3c(C(=O)N4CCC(N(C)C)C4)cnn3c2N)ccc1NS(=O)(=O)c1c(Cl)cccc1Cl. The Kier molecular flexibility index (Phi) is 7.19. The van der Waals surface area contributed by atoms with Gasteiger partial charge >= 0.3 is 0 Å². The molecule has 1 aliphatic heterocycles. The Morgan fingerprint density at radius 2 is 1.87 bits per heavy atom. The molecule has 10 nitrogen and oxygen atoms in total. The third-order valence-electron chi connectivity index (χ3n) is 6.94. The van der Waals surface area contributed by atoms with E-state index < -0.39 is 10.0 Å². The number of anilines is 2. The van der Waals surface area contributed by atoms with Crippen LogP contribution in [-0.4, -0.2) is 71.9 Å². The number of hydrogen-bond acceptors (Lipinski definition) is 7. The number of aromatic nitrogens is 3. The molecule has 1 saturated heterocycles. The first-order valence-electron chi connectivity index (χ1n) is 12.1. The maximum absolute atomic E-state index is 13.2. The second kappa shape index (κ2) is 10.3. The van der Waals surface area contributed by atoms with Crippen molar-refractivity contribution in [3.8, 4) is 11.1 Å². The first-order chi connectivity index (χ1) is 18.5. The van der Waals surface area contributed by atoms with Gasteiger partial charge in [-0.25, -0.2) is 13.4 Å². The van der Waals surface area contributed by atoms with E-state index in [1.165, 1.54) is 22.8 Å². The number of rotatable bonds is 6. The molecule has 0 saturated carbocycles. The lowest BCUT2D eigenvalue weighted by Crippen LogP contribution is -2.34. The number of amides is 1. The first kappa shape index (κ1) is 27.2. The van der Waals surface area contributed by atoms with Crippen molar-refractivity contribution in [3.63, 3.8) is 0 Å². The average molecular weight is 589 g/mol. The lowest BCUT2D eigenvalue weighted by Gasteiger charge is -2.20. The van der Waals surface area contributed by atoms with Crippen LogP contribution < -0.4 is 10.5 Å². The minimum absolute atomic E-state index is 0.0238. The quantitative estimate of drug-likeness (QED) is 0.346. The molecular weight excluding hydrogens is 561 g/mol. The van der Waals surface area contributed by atoms with Crippen molar-refractivity contribution in [3.05, 3.63) is 70.0 Å². The number of fused-ring (bicyclic) bond motifs is 1. The van der Waals surface area contributed by atoms with Crippen LogP contribution in [0.5, 0.6) is 0 Å². The number of likely N-dealkylation sites (tertiary alicyclic amines) is 1. The van der Waals surface area contributed by atoms with Crippen LogP contribution in [0.3, 0.4) is 0 Å². The molecule has 2 aromatic carbocycles. The van der Waals surface area contributed by atoms with E-state index >= 15 is 0 Å². The lowest BCUT2D eigenvalue weighted by atomic mass is 10.0. The highest BCUT2D eigenvalue weighted by Gasteiger charge is 2.30. The summed E-state index contributed by atoms with van der Waals surface area (Å²) in [7, 11) is -0.0173. The number of carbonyl (C=O) groups excluding carboxylic acids is 1. The number of nitrogens with two attached hydrogens (primary N) is 1. The van der Waals surface area contributed by atoms with E-state index in [2.05, 4.69) is 19.7 Å². The third-order valence-corrected chi connectivity index (χ3v) is 9.26. The summed E-state index contributed by atoms with van der Waals surface area (Å²) in [6.07, 6.45) is 4.00. The van der Waals surface area contributed by atoms with Gasteiger partial charge in [-0.15, -0.1) is 0 Å². The van der Waals surface area contributed by atoms with Crippen LogP contribution in [0.15, 0.2) is 53.7 Å². The monoisotopic (exact) mass is 587 g/mol. The van der Waals surface area contributed by atoms with Crippen molar-refractivity contribution in [2.75, 3.05) is 37.6 Å². The number of carbonyl (C=O) groups is 1. The number of sulfonamides is 1.